The molecule has 2 fully saturated rings. The number of aromatic nitrogens is 2. The molecule has 0 atom stereocenters. The summed E-state index contributed by atoms with van der Waals surface area (Å²) < 4.78 is 5.30. The van der Waals surface area contributed by atoms with Gasteiger partial charge >= 0.3 is 6.09 Å². The van der Waals surface area contributed by atoms with Gasteiger partial charge in [-0.2, -0.15) is 0 Å². The van der Waals surface area contributed by atoms with Gasteiger partial charge in [-0.25, -0.2) is 9.78 Å². The Labute approximate surface area is 156 Å². The number of oxazole rings is 1. The molecule has 4 rings (SSSR count). The zero-order valence-corrected chi connectivity index (χ0v) is 15.2. The van der Waals surface area contributed by atoms with Crippen LogP contribution in [0, 0.1) is 6.92 Å². The van der Waals surface area contributed by atoms with Gasteiger partial charge in [-0.1, -0.05) is 0 Å². The van der Waals surface area contributed by atoms with Crippen molar-refractivity contribution in [2.45, 2.75) is 44.7 Å². The van der Waals surface area contributed by atoms with Gasteiger partial charge in [0.25, 0.3) is 5.91 Å². The summed E-state index contributed by atoms with van der Waals surface area (Å²) in [5.74, 6) is 0.553. The van der Waals surface area contributed by atoms with E-state index in [1.807, 2.05) is 17.9 Å². The zero-order chi connectivity index (χ0) is 19.0. The van der Waals surface area contributed by atoms with E-state index in [-0.39, 0.29) is 18.0 Å². The van der Waals surface area contributed by atoms with E-state index in [9.17, 15) is 9.59 Å². The minimum Gasteiger partial charge on any atom is -0.465 e. The van der Waals surface area contributed by atoms with Gasteiger partial charge in [-0.05, 0) is 44.2 Å². The molecule has 27 heavy (non-hydrogen) atoms. The molecule has 1 saturated heterocycles. The van der Waals surface area contributed by atoms with Crippen LogP contribution in [0.25, 0.3) is 11.5 Å². The first kappa shape index (κ1) is 17.5. The van der Waals surface area contributed by atoms with Gasteiger partial charge < -0.3 is 19.3 Å². The molecule has 0 spiro atoms. The monoisotopic (exact) mass is 370 g/mol. The molecule has 1 aliphatic carbocycles. The SMILES string of the molecule is Cc1cc(C(=O)N(C2CC2)C2CCN(C(=O)O)CC2)cnc1-c1cnco1. The van der Waals surface area contributed by atoms with Gasteiger partial charge in [0.15, 0.2) is 12.2 Å². The van der Waals surface area contributed by atoms with Gasteiger partial charge in [0.05, 0.1) is 11.8 Å². The number of carboxylic acid groups (broad SMARTS) is 1. The summed E-state index contributed by atoms with van der Waals surface area (Å²) in [5, 5.41) is 9.13. The van der Waals surface area contributed by atoms with E-state index >= 15 is 0 Å². The van der Waals surface area contributed by atoms with Crippen LogP contribution < -0.4 is 0 Å². The summed E-state index contributed by atoms with van der Waals surface area (Å²) in [6.45, 7) is 2.84. The van der Waals surface area contributed by atoms with E-state index in [1.165, 1.54) is 11.3 Å². The molecule has 2 aliphatic rings. The Balaban J connectivity index is 1.53. The van der Waals surface area contributed by atoms with E-state index < -0.39 is 6.09 Å². The summed E-state index contributed by atoms with van der Waals surface area (Å²) in [7, 11) is 0. The highest BCUT2D eigenvalue weighted by molar-refractivity contribution is 5.95. The fourth-order valence-electron chi connectivity index (χ4n) is 3.75. The standard InChI is InChI=1S/C19H22N4O4/c1-12-8-13(9-21-17(12)16-10-20-11-27-16)18(24)23(14-2-3-14)15-4-6-22(7-5-15)19(25)26/h8-11,14-15H,2-7H2,1H3,(H,25,26). The van der Waals surface area contributed by atoms with Gasteiger partial charge in [0.1, 0.15) is 5.69 Å². The van der Waals surface area contributed by atoms with Crippen LogP contribution >= 0.6 is 0 Å². The molecule has 2 aromatic rings. The number of carbonyl (C=O) groups excluding carboxylic acids is 1. The second-order valence-electron chi connectivity index (χ2n) is 7.20. The van der Waals surface area contributed by atoms with Crippen LogP contribution in [-0.2, 0) is 0 Å². The number of piperidine rings is 1. The molecule has 8 heteroatoms. The third-order valence-electron chi connectivity index (χ3n) is 5.29. The number of hydrogen-bond donors (Lipinski definition) is 1. The highest BCUT2D eigenvalue weighted by Crippen LogP contribution is 2.33. The zero-order valence-electron chi connectivity index (χ0n) is 15.2. The molecule has 0 radical (unpaired) electrons. The number of aryl methyl sites for hydroxylation is 1. The average Bonchev–Trinajstić information content (AvgIpc) is 3.34. The van der Waals surface area contributed by atoms with Crippen molar-refractivity contribution in [3.63, 3.8) is 0 Å². The maximum Gasteiger partial charge on any atom is 0.407 e. The van der Waals surface area contributed by atoms with Crippen molar-refractivity contribution < 1.29 is 19.1 Å². The third kappa shape index (κ3) is 3.51. The van der Waals surface area contributed by atoms with Crippen LogP contribution in [0.5, 0.6) is 0 Å². The minimum atomic E-state index is -0.888. The number of pyridine rings is 1. The molecular formula is C19H22N4O4. The van der Waals surface area contributed by atoms with Crippen molar-refractivity contribution in [3.05, 3.63) is 36.0 Å². The number of rotatable bonds is 4. The maximum absolute atomic E-state index is 13.2. The lowest BCUT2D eigenvalue weighted by atomic mass is 10.0. The molecule has 2 aromatic heterocycles. The van der Waals surface area contributed by atoms with Crippen molar-refractivity contribution in [3.8, 4) is 11.5 Å². The number of carbonyl (C=O) groups is 2. The first-order valence-electron chi connectivity index (χ1n) is 9.20. The molecule has 1 saturated carbocycles. The van der Waals surface area contributed by atoms with Gasteiger partial charge in [0, 0.05) is 31.4 Å². The number of amides is 2. The molecule has 3 heterocycles. The maximum atomic E-state index is 13.2. The molecule has 2 amide bonds. The minimum absolute atomic E-state index is 0.0222. The van der Waals surface area contributed by atoms with Crippen molar-refractivity contribution in [2.24, 2.45) is 0 Å². The molecule has 0 bridgehead atoms. The summed E-state index contributed by atoms with van der Waals surface area (Å²) >= 11 is 0. The Kier molecular flexibility index (Phi) is 4.55. The Morgan fingerprint density at radius 2 is 1.89 bits per heavy atom. The number of likely N-dealkylation sites (tertiary alicyclic amines) is 1. The Bertz CT molecular complexity index is 839. The summed E-state index contributed by atoms with van der Waals surface area (Å²) in [5.41, 5.74) is 2.09. The van der Waals surface area contributed by atoms with E-state index in [0.29, 0.717) is 42.9 Å². The molecular weight excluding hydrogens is 348 g/mol. The van der Waals surface area contributed by atoms with Crippen molar-refractivity contribution in [1.82, 2.24) is 19.8 Å². The molecule has 1 N–H and O–H groups in total. The molecule has 8 nitrogen and oxygen atoms in total. The third-order valence-corrected chi connectivity index (χ3v) is 5.29. The van der Waals surface area contributed by atoms with Crippen LogP contribution in [0.1, 0.15) is 41.6 Å². The highest BCUT2D eigenvalue weighted by Gasteiger charge is 2.39. The van der Waals surface area contributed by atoms with E-state index in [2.05, 4.69) is 9.97 Å². The lowest BCUT2D eigenvalue weighted by Crippen LogP contribution is -2.49. The topological polar surface area (TPSA) is 99.8 Å². The fourth-order valence-corrected chi connectivity index (χ4v) is 3.75. The van der Waals surface area contributed by atoms with Crippen molar-refractivity contribution in [1.29, 1.82) is 0 Å². The quantitative estimate of drug-likeness (QED) is 0.888. The molecule has 142 valence electrons. The molecule has 0 aromatic carbocycles. The van der Waals surface area contributed by atoms with E-state index in [0.717, 1.165) is 18.4 Å². The lowest BCUT2D eigenvalue weighted by molar-refractivity contribution is 0.0550. The Morgan fingerprint density at radius 3 is 2.44 bits per heavy atom. The van der Waals surface area contributed by atoms with E-state index in [1.54, 1.807) is 12.4 Å². The summed E-state index contributed by atoms with van der Waals surface area (Å²) in [6.07, 6.45) is 7.03. The summed E-state index contributed by atoms with van der Waals surface area (Å²) in [4.78, 5) is 36.0. The van der Waals surface area contributed by atoms with Gasteiger partial charge in [-0.15, -0.1) is 0 Å². The van der Waals surface area contributed by atoms with Crippen LogP contribution in [-0.4, -0.2) is 62.0 Å². The van der Waals surface area contributed by atoms with Crippen LogP contribution in [0.4, 0.5) is 4.79 Å². The second kappa shape index (κ2) is 7.02. The summed E-state index contributed by atoms with van der Waals surface area (Å²) in [6, 6.07) is 2.18. The predicted molar refractivity (Wildman–Crippen MR) is 96.3 cm³/mol. The average molecular weight is 370 g/mol. The second-order valence-corrected chi connectivity index (χ2v) is 7.20. The molecule has 1 aliphatic heterocycles. The van der Waals surface area contributed by atoms with Crippen molar-refractivity contribution >= 4 is 12.0 Å². The van der Waals surface area contributed by atoms with E-state index in [4.69, 9.17) is 9.52 Å². The van der Waals surface area contributed by atoms with Gasteiger partial charge in [-0.3, -0.25) is 9.78 Å². The van der Waals surface area contributed by atoms with Crippen LogP contribution in [0.3, 0.4) is 0 Å². The van der Waals surface area contributed by atoms with Crippen LogP contribution in [0.2, 0.25) is 0 Å². The normalized spacial score (nSPS) is 17.7. The fraction of sp³-hybridized carbons (Fsp3) is 0.474. The Morgan fingerprint density at radius 1 is 1.19 bits per heavy atom. The first-order chi connectivity index (χ1) is 13.0. The largest absolute Gasteiger partial charge is 0.465 e. The van der Waals surface area contributed by atoms with Crippen molar-refractivity contribution in [2.75, 3.05) is 13.1 Å². The van der Waals surface area contributed by atoms with Gasteiger partial charge in [0.2, 0.25) is 0 Å². The smallest absolute Gasteiger partial charge is 0.407 e. The van der Waals surface area contributed by atoms with Crippen LogP contribution in [0.15, 0.2) is 29.3 Å². The first-order valence-corrected chi connectivity index (χ1v) is 9.20. The number of nitrogens with zero attached hydrogens (tertiary/aromatic N) is 4. The number of hydrogen-bond acceptors (Lipinski definition) is 5. The highest BCUT2D eigenvalue weighted by atomic mass is 16.4. The lowest BCUT2D eigenvalue weighted by Gasteiger charge is -2.38. The molecule has 0 unspecified atom stereocenters. The Hall–Kier alpha value is -2.90. The predicted octanol–water partition coefficient (Wildman–Crippen LogP) is 2.79.